The van der Waals surface area contributed by atoms with Gasteiger partial charge in [0.15, 0.2) is 5.11 Å². The van der Waals surface area contributed by atoms with E-state index in [0.29, 0.717) is 28.6 Å². The van der Waals surface area contributed by atoms with Crippen LogP contribution in [0.15, 0.2) is 121 Å². The molecule has 2 heterocycles. The topological polar surface area (TPSA) is 97.5 Å². The number of nitro groups is 1. The summed E-state index contributed by atoms with van der Waals surface area (Å²) in [7, 11) is 0. The van der Waals surface area contributed by atoms with Crippen molar-refractivity contribution in [3.05, 3.63) is 142 Å². The summed E-state index contributed by atoms with van der Waals surface area (Å²) in [5, 5.41) is 14.1. The molecule has 0 unspecified atom stereocenters. The van der Waals surface area contributed by atoms with Crippen molar-refractivity contribution in [2.24, 2.45) is 0 Å². The number of amides is 2. The molecule has 0 atom stereocenters. The fraction of sp³-hybridized carbons (Fsp3) is 0.0833. The predicted molar refractivity (Wildman–Crippen MR) is 180 cm³/mol. The summed E-state index contributed by atoms with van der Waals surface area (Å²) in [5.41, 5.74) is 6.03. The number of nitro benzene ring substituents is 1. The highest BCUT2D eigenvalue weighted by molar-refractivity contribution is 7.80. The van der Waals surface area contributed by atoms with Crippen molar-refractivity contribution in [1.29, 1.82) is 0 Å². The van der Waals surface area contributed by atoms with Crippen LogP contribution in [-0.4, -0.2) is 26.4 Å². The van der Waals surface area contributed by atoms with E-state index < -0.39 is 16.7 Å². The molecule has 0 bridgehead atoms. The Morgan fingerprint density at radius 3 is 1.96 bits per heavy atom. The monoisotopic (exact) mass is 612 g/mol. The number of hydrogen-bond donors (Lipinski definition) is 1. The van der Waals surface area contributed by atoms with E-state index in [2.05, 4.69) is 19.2 Å². The van der Waals surface area contributed by atoms with Gasteiger partial charge < -0.3 is 4.57 Å². The van der Waals surface area contributed by atoms with Crippen molar-refractivity contribution in [2.75, 3.05) is 4.90 Å². The first-order valence-corrected chi connectivity index (χ1v) is 14.8. The van der Waals surface area contributed by atoms with E-state index in [-0.39, 0.29) is 16.4 Å². The number of aromatic nitrogens is 1. The third-order valence-corrected chi connectivity index (χ3v) is 7.97. The first-order valence-electron chi connectivity index (χ1n) is 14.4. The van der Waals surface area contributed by atoms with Gasteiger partial charge >= 0.3 is 0 Å². The summed E-state index contributed by atoms with van der Waals surface area (Å²) >= 11 is 5.44. The normalized spacial score (nSPS) is 14.2. The maximum atomic E-state index is 14.0. The first kappa shape index (κ1) is 29.4. The number of carbonyl (C=O) groups excluding carboxylic acids is 2. The van der Waals surface area contributed by atoms with Crippen LogP contribution in [0.2, 0.25) is 0 Å². The Kier molecular flexibility index (Phi) is 7.93. The van der Waals surface area contributed by atoms with E-state index in [1.165, 1.54) is 17.0 Å². The van der Waals surface area contributed by atoms with Crippen molar-refractivity contribution in [1.82, 2.24) is 9.88 Å². The van der Waals surface area contributed by atoms with E-state index in [0.717, 1.165) is 22.4 Å². The average Bonchev–Trinajstić information content (AvgIpc) is 3.43. The van der Waals surface area contributed by atoms with Crippen LogP contribution in [0.3, 0.4) is 0 Å². The Morgan fingerprint density at radius 1 is 0.800 bits per heavy atom. The number of benzene rings is 4. The molecule has 0 spiro atoms. The fourth-order valence-corrected chi connectivity index (χ4v) is 5.68. The molecule has 1 aromatic heterocycles. The molecule has 2 amide bonds. The Labute approximate surface area is 265 Å². The van der Waals surface area contributed by atoms with E-state index in [1.807, 2.05) is 95.6 Å². The van der Waals surface area contributed by atoms with E-state index >= 15 is 0 Å². The molecule has 222 valence electrons. The van der Waals surface area contributed by atoms with E-state index in [9.17, 15) is 19.7 Å². The third kappa shape index (κ3) is 5.69. The minimum absolute atomic E-state index is 0.0103. The van der Waals surface area contributed by atoms with Crippen LogP contribution in [-0.2, 0) is 9.59 Å². The Balaban J connectivity index is 1.56. The van der Waals surface area contributed by atoms with Crippen LogP contribution in [0, 0.1) is 10.1 Å². The minimum Gasteiger partial charge on any atom is -0.309 e. The van der Waals surface area contributed by atoms with Crippen LogP contribution in [0.25, 0.3) is 34.3 Å². The molecule has 9 heteroatoms. The second-order valence-corrected chi connectivity index (χ2v) is 11.3. The molecule has 1 saturated heterocycles. The number of non-ortho nitro benzene ring substituents is 1. The van der Waals surface area contributed by atoms with Gasteiger partial charge in [-0.05, 0) is 71.2 Å². The van der Waals surface area contributed by atoms with Crippen molar-refractivity contribution in [2.45, 2.75) is 19.8 Å². The van der Waals surface area contributed by atoms with Crippen LogP contribution >= 0.6 is 12.2 Å². The van der Waals surface area contributed by atoms with Crippen molar-refractivity contribution >= 4 is 46.6 Å². The second kappa shape index (κ2) is 12.1. The lowest BCUT2D eigenvalue weighted by Crippen LogP contribution is -2.54. The molecule has 0 saturated carbocycles. The smallest absolute Gasteiger partial charge is 0.270 e. The standard InChI is InChI=1S/C36H28N4O4S/c1-23(2)24-13-15-29(16-14-24)39-35(42)31(34(41)37-36(39)45)21-27-22-32(25-9-5-3-6-10-25)38(33(27)26-11-7-4-8-12-26)28-17-19-30(20-18-28)40(43)44/h3-23H,1-2H3,(H,37,41,45)/b31-21-. The number of rotatable bonds is 7. The number of nitrogens with zero attached hydrogens (tertiary/aromatic N) is 3. The zero-order valence-electron chi connectivity index (χ0n) is 24.5. The molecule has 0 radical (unpaired) electrons. The molecular weight excluding hydrogens is 584 g/mol. The predicted octanol–water partition coefficient (Wildman–Crippen LogP) is 7.67. The van der Waals surface area contributed by atoms with Crippen LogP contribution in [0.4, 0.5) is 11.4 Å². The highest BCUT2D eigenvalue weighted by atomic mass is 32.1. The summed E-state index contributed by atoms with van der Waals surface area (Å²) in [5.74, 6) is -0.818. The molecule has 6 rings (SSSR count). The summed E-state index contributed by atoms with van der Waals surface area (Å²) in [4.78, 5) is 39.6. The molecule has 0 aliphatic carbocycles. The third-order valence-electron chi connectivity index (χ3n) is 7.69. The van der Waals surface area contributed by atoms with Gasteiger partial charge in [0.2, 0.25) is 0 Å². The largest absolute Gasteiger partial charge is 0.309 e. The average molecular weight is 613 g/mol. The van der Waals surface area contributed by atoms with Gasteiger partial charge in [0.25, 0.3) is 17.5 Å². The number of thiocarbonyl (C=S) groups is 1. The lowest BCUT2D eigenvalue weighted by Gasteiger charge is -2.29. The Bertz CT molecular complexity index is 1960. The lowest BCUT2D eigenvalue weighted by molar-refractivity contribution is -0.384. The quantitative estimate of drug-likeness (QED) is 0.0669. The molecule has 1 fully saturated rings. The number of carbonyl (C=O) groups is 2. The molecule has 1 aliphatic heterocycles. The Morgan fingerprint density at radius 2 is 1.38 bits per heavy atom. The number of anilines is 1. The zero-order valence-corrected chi connectivity index (χ0v) is 25.3. The maximum Gasteiger partial charge on any atom is 0.270 e. The second-order valence-electron chi connectivity index (χ2n) is 10.9. The van der Waals surface area contributed by atoms with E-state index in [1.54, 1.807) is 18.2 Å². The SMILES string of the molecule is CC(C)c1ccc(N2C(=O)/C(=C\c3cc(-c4ccccc4)n(-c4ccc([N+](=O)[O-])cc4)c3-c3ccccc3)C(=O)NC2=S)cc1. The fourth-order valence-electron chi connectivity index (χ4n) is 5.40. The molecular formula is C36H28N4O4S. The van der Waals surface area contributed by atoms with Crippen molar-refractivity contribution < 1.29 is 14.5 Å². The summed E-state index contributed by atoms with van der Waals surface area (Å²) in [6.07, 6.45) is 1.59. The van der Waals surface area contributed by atoms with Gasteiger partial charge in [-0.2, -0.15) is 0 Å². The minimum atomic E-state index is -0.594. The van der Waals surface area contributed by atoms with Gasteiger partial charge in [-0.25, -0.2) is 0 Å². The van der Waals surface area contributed by atoms with Gasteiger partial charge in [-0.15, -0.1) is 0 Å². The van der Waals surface area contributed by atoms with Gasteiger partial charge in [0, 0.05) is 23.4 Å². The highest BCUT2D eigenvalue weighted by Crippen LogP contribution is 2.38. The molecule has 45 heavy (non-hydrogen) atoms. The molecule has 5 aromatic rings. The zero-order chi connectivity index (χ0) is 31.7. The lowest BCUT2D eigenvalue weighted by atomic mass is 10.0. The summed E-state index contributed by atoms with van der Waals surface area (Å²) in [6.45, 7) is 4.17. The van der Waals surface area contributed by atoms with Gasteiger partial charge in [-0.3, -0.25) is 29.9 Å². The van der Waals surface area contributed by atoms with Gasteiger partial charge in [-0.1, -0.05) is 86.6 Å². The van der Waals surface area contributed by atoms with E-state index in [4.69, 9.17) is 12.2 Å². The highest BCUT2D eigenvalue weighted by Gasteiger charge is 2.35. The Hall–Kier alpha value is -5.67. The van der Waals surface area contributed by atoms with Gasteiger partial charge in [0.1, 0.15) is 5.57 Å². The molecule has 1 aliphatic rings. The molecule has 4 aromatic carbocycles. The number of hydrogen-bond acceptors (Lipinski definition) is 5. The van der Waals surface area contributed by atoms with Crippen molar-refractivity contribution in [3.63, 3.8) is 0 Å². The van der Waals surface area contributed by atoms with Crippen LogP contribution in [0.1, 0.15) is 30.9 Å². The van der Waals surface area contributed by atoms with Gasteiger partial charge in [0.05, 0.1) is 22.0 Å². The number of nitrogens with one attached hydrogen (secondary N) is 1. The van der Waals surface area contributed by atoms with Crippen molar-refractivity contribution in [3.8, 4) is 28.2 Å². The molecule has 8 nitrogen and oxygen atoms in total. The first-order chi connectivity index (χ1) is 21.7. The summed E-state index contributed by atoms with van der Waals surface area (Å²) < 4.78 is 1.99. The maximum absolute atomic E-state index is 14.0. The van der Waals surface area contributed by atoms with Crippen LogP contribution in [0.5, 0.6) is 0 Å². The summed E-state index contributed by atoms with van der Waals surface area (Å²) in [6, 6.07) is 35.0. The molecule has 1 N–H and O–H groups in total. The van der Waals surface area contributed by atoms with Crippen LogP contribution < -0.4 is 10.2 Å².